The average Bonchev–Trinajstić information content (AvgIpc) is 2.69. The maximum atomic E-state index is 13.7. The van der Waals surface area contributed by atoms with Gasteiger partial charge in [-0.25, -0.2) is 4.39 Å². The second kappa shape index (κ2) is 6.91. The van der Waals surface area contributed by atoms with Gasteiger partial charge in [0, 0.05) is 17.4 Å². The number of anilines is 3. The third-order valence-corrected chi connectivity index (χ3v) is 5.00. The summed E-state index contributed by atoms with van der Waals surface area (Å²) in [6.07, 6.45) is 0. The highest BCUT2D eigenvalue weighted by Gasteiger charge is 2.32. The quantitative estimate of drug-likeness (QED) is 0.725. The van der Waals surface area contributed by atoms with Crippen LogP contribution in [0.5, 0.6) is 0 Å². The van der Waals surface area contributed by atoms with Gasteiger partial charge in [-0.15, -0.1) is 0 Å². The number of hydrogen-bond donors (Lipinski definition) is 1. The van der Waals surface area contributed by atoms with Crippen molar-refractivity contribution in [2.45, 2.75) is 13.8 Å². The van der Waals surface area contributed by atoms with Crippen molar-refractivity contribution in [1.82, 2.24) is 4.98 Å². The van der Waals surface area contributed by atoms with Crippen LogP contribution < -0.4 is 15.4 Å². The first-order valence-electron chi connectivity index (χ1n) is 8.98. The molecule has 0 bridgehead atoms. The number of rotatable bonds is 2. The van der Waals surface area contributed by atoms with Crippen LogP contribution in [0.25, 0.3) is 0 Å². The fraction of sp³-hybridized carbons (Fsp3) is 0.136. The van der Waals surface area contributed by atoms with E-state index in [-0.39, 0.29) is 24.0 Å². The zero-order chi connectivity index (χ0) is 20.7. The first-order valence-corrected chi connectivity index (χ1v) is 8.98. The lowest BCUT2D eigenvalue weighted by atomic mass is 10.0. The molecule has 3 aromatic rings. The molecule has 0 unspecified atom stereocenters. The topological polar surface area (TPSA) is 80.2 Å². The van der Waals surface area contributed by atoms with E-state index in [1.807, 2.05) is 4.90 Å². The molecule has 0 saturated carbocycles. The molecule has 0 atom stereocenters. The van der Waals surface area contributed by atoms with Crippen molar-refractivity contribution in [1.29, 1.82) is 5.26 Å². The maximum absolute atomic E-state index is 13.7. The van der Waals surface area contributed by atoms with Crippen LogP contribution in [0.1, 0.15) is 27.2 Å². The van der Waals surface area contributed by atoms with Crippen molar-refractivity contribution < 1.29 is 9.18 Å². The summed E-state index contributed by atoms with van der Waals surface area (Å²) in [5.74, 6) is -0.589. The third kappa shape index (κ3) is 3.15. The monoisotopic (exact) mass is 388 g/mol. The molecule has 7 heteroatoms. The molecular weight excluding hydrogens is 371 g/mol. The minimum atomic E-state index is -0.348. The molecule has 0 spiro atoms. The summed E-state index contributed by atoms with van der Waals surface area (Å²) in [4.78, 5) is 31.0. The predicted molar refractivity (Wildman–Crippen MR) is 108 cm³/mol. The Balaban J connectivity index is 1.92. The molecule has 2 aromatic carbocycles. The van der Waals surface area contributed by atoms with Gasteiger partial charge in [0.2, 0.25) is 5.56 Å². The number of hydrogen-bond acceptors (Lipinski definition) is 4. The van der Waals surface area contributed by atoms with Crippen LogP contribution in [0.3, 0.4) is 0 Å². The number of carbonyl (C=O) groups is 1. The highest BCUT2D eigenvalue weighted by Crippen LogP contribution is 2.38. The largest absolute Gasteiger partial charge is 0.324 e. The van der Waals surface area contributed by atoms with Crippen molar-refractivity contribution >= 4 is 23.0 Å². The Hall–Kier alpha value is -3.92. The molecule has 4 rings (SSSR count). The van der Waals surface area contributed by atoms with Crippen LogP contribution in [0.2, 0.25) is 0 Å². The van der Waals surface area contributed by atoms with Gasteiger partial charge in [-0.2, -0.15) is 5.26 Å². The van der Waals surface area contributed by atoms with Gasteiger partial charge in [0.05, 0.1) is 28.6 Å². The number of nitrogens with zero attached hydrogens (tertiary/aromatic N) is 3. The number of H-pyrrole nitrogens is 1. The molecule has 1 aliphatic rings. The van der Waals surface area contributed by atoms with Gasteiger partial charge >= 0.3 is 0 Å². The normalized spacial score (nSPS) is 13.2. The number of nitriles is 1. The van der Waals surface area contributed by atoms with Gasteiger partial charge in [0.1, 0.15) is 12.5 Å². The molecule has 29 heavy (non-hydrogen) atoms. The van der Waals surface area contributed by atoms with Crippen LogP contribution in [0.15, 0.2) is 53.3 Å². The van der Waals surface area contributed by atoms with Crippen molar-refractivity contribution in [2.75, 3.05) is 16.5 Å². The van der Waals surface area contributed by atoms with Crippen molar-refractivity contribution in [3.05, 3.63) is 87.1 Å². The Bertz CT molecular complexity index is 1240. The number of carbonyl (C=O) groups excluding carboxylic acids is 1. The highest BCUT2D eigenvalue weighted by atomic mass is 19.1. The van der Waals surface area contributed by atoms with Crippen molar-refractivity contribution in [2.24, 2.45) is 0 Å². The Morgan fingerprint density at radius 1 is 0.966 bits per heavy atom. The fourth-order valence-electron chi connectivity index (χ4n) is 3.61. The maximum Gasteiger partial charge on any atom is 0.261 e. The summed E-state index contributed by atoms with van der Waals surface area (Å²) in [5.41, 5.74) is 3.75. The van der Waals surface area contributed by atoms with Crippen LogP contribution in [-0.2, 0) is 0 Å². The minimum absolute atomic E-state index is 0.153. The summed E-state index contributed by atoms with van der Waals surface area (Å²) >= 11 is 0. The zero-order valence-electron chi connectivity index (χ0n) is 15.9. The molecule has 6 nitrogen and oxygen atoms in total. The molecule has 144 valence electrons. The fourth-order valence-corrected chi connectivity index (χ4v) is 3.61. The van der Waals surface area contributed by atoms with E-state index < -0.39 is 0 Å². The minimum Gasteiger partial charge on any atom is -0.324 e. The van der Waals surface area contributed by atoms with Gasteiger partial charge in [0.15, 0.2) is 0 Å². The molecule has 0 saturated heterocycles. The van der Waals surface area contributed by atoms with Gasteiger partial charge < -0.3 is 9.88 Å². The first kappa shape index (κ1) is 18.4. The van der Waals surface area contributed by atoms with E-state index >= 15 is 0 Å². The SMILES string of the molecule is Cc1cc(F)ccc1N1CN(c2ccc(=O)[nH]c2C)C(=O)c2ccc(C#N)cc21. The van der Waals surface area contributed by atoms with E-state index in [9.17, 15) is 19.2 Å². The Kier molecular flexibility index (Phi) is 4.40. The predicted octanol–water partition coefficient (Wildman–Crippen LogP) is 3.76. The number of halogens is 1. The summed E-state index contributed by atoms with van der Waals surface area (Å²) < 4.78 is 13.7. The lowest BCUT2D eigenvalue weighted by Gasteiger charge is -2.39. The number of amides is 1. The van der Waals surface area contributed by atoms with Crippen molar-refractivity contribution in [3.63, 3.8) is 0 Å². The van der Waals surface area contributed by atoms with E-state index in [1.54, 1.807) is 49.1 Å². The zero-order valence-corrected chi connectivity index (χ0v) is 15.9. The highest BCUT2D eigenvalue weighted by molar-refractivity contribution is 6.13. The van der Waals surface area contributed by atoms with E-state index in [0.717, 1.165) is 5.69 Å². The summed E-state index contributed by atoms with van der Waals surface area (Å²) in [5, 5.41) is 9.30. The van der Waals surface area contributed by atoms with Gasteiger partial charge in [-0.05, 0) is 61.9 Å². The van der Waals surface area contributed by atoms with Crippen molar-refractivity contribution in [3.8, 4) is 6.07 Å². The molecule has 0 radical (unpaired) electrons. The molecule has 1 aromatic heterocycles. The number of aromatic amines is 1. The first-order chi connectivity index (χ1) is 13.9. The van der Waals surface area contributed by atoms with E-state index in [1.165, 1.54) is 18.2 Å². The molecule has 1 aliphatic heterocycles. The molecule has 2 heterocycles. The lowest BCUT2D eigenvalue weighted by molar-refractivity contribution is 0.0983. The molecule has 0 aliphatic carbocycles. The number of fused-ring (bicyclic) bond motifs is 1. The van der Waals surface area contributed by atoms with Gasteiger partial charge in [-0.1, -0.05) is 0 Å². The number of aromatic nitrogens is 1. The average molecular weight is 388 g/mol. The summed E-state index contributed by atoms with van der Waals surface area (Å²) in [6.45, 7) is 3.67. The van der Waals surface area contributed by atoms with Crippen LogP contribution >= 0.6 is 0 Å². The van der Waals surface area contributed by atoms with Gasteiger partial charge in [0.25, 0.3) is 5.91 Å². The van der Waals surface area contributed by atoms with Gasteiger partial charge in [-0.3, -0.25) is 14.5 Å². The Morgan fingerprint density at radius 3 is 2.41 bits per heavy atom. The van der Waals surface area contributed by atoms with Crippen LogP contribution in [-0.4, -0.2) is 17.6 Å². The number of pyridine rings is 1. The second-order valence-electron chi connectivity index (χ2n) is 6.91. The van der Waals surface area contributed by atoms with Crippen LogP contribution in [0, 0.1) is 31.0 Å². The lowest BCUT2D eigenvalue weighted by Crippen LogP contribution is -2.45. The third-order valence-electron chi connectivity index (χ3n) is 5.00. The Labute approximate surface area is 166 Å². The molecular formula is C22H17FN4O2. The van der Waals surface area contributed by atoms with E-state index in [4.69, 9.17) is 0 Å². The molecule has 1 amide bonds. The standard InChI is InChI=1S/C22H17FN4O2/c1-13-9-16(23)4-6-18(13)26-12-27(19-7-8-21(28)25-14(19)2)22(29)17-5-3-15(11-24)10-20(17)26/h3-10H,12H2,1-2H3,(H,25,28). The summed E-state index contributed by atoms with van der Waals surface area (Å²) in [7, 11) is 0. The number of nitrogens with one attached hydrogen (secondary N) is 1. The molecule has 0 fully saturated rings. The smallest absolute Gasteiger partial charge is 0.261 e. The Morgan fingerprint density at radius 2 is 1.72 bits per heavy atom. The second-order valence-corrected chi connectivity index (χ2v) is 6.91. The van der Waals surface area contributed by atoms with Crippen LogP contribution in [0.4, 0.5) is 21.5 Å². The van der Waals surface area contributed by atoms with E-state index in [0.29, 0.717) is 33.8 Å². The summed E-state index contributed by atoms with van der Waals surface area (Å²) in [6, 6.07) is 14.4. The van der Waals surface area contributed by atoms with E-state index in [2.05, 4.69) is 11.1 Å². The number of aryl methyl sites for hydroxylation is 2. The molecule has 1 N–H and O–H groups in total. The number of benzene rings is 2.